The van der Waals surface area contributed by atoms with Gasteiger partial charge in [0, 0.05) is 29.1 Å². The summed E-state index contributed by atoms with van der Waals surface area (Å²) in [6.45, 7) is 5.55. The molecule has 19 heavy (non-hydrogen) atoms. The van der Waals surface area contributed by atoms with E-state index < -0.39 is 17.2 Å². The summed E-state index contributed by atoms with van der Waals surface area (Å²) in [5.41, 5.74) is 1.43. The van der Waals surface area contributed by atoms with Crippen molar-refractivity contribution in [1.82, 2.24) is 10.3 Å². The fourth-order valence-electron chi connectivity index (χ4n) is 1.94. The number of carbonyl (C=O) groups excluding carboxylic acids is 2. The number of nitrogens with one attached hydrogen (secondary N) is 2. The highest BCUT2D eigenvalue weighted by molar-refractivity contribution is 6.37. The molecule has 0 aliphatic carbocycles. The van der Waals surface area contributed by atoms with Gasteiger partial charge in [0.1, 0.15) is 0 Å². The lowest BCUT2D eigenvalue weighted by Crippen LogP contribution is -2.44. The van der Waals surface area contributed by atoms with E-state index in [0.29, 0.717) is 0 Å². The summed E-state index contributed by atoms with van der Waals surface area (Å²) in [4.78, 5) is 26.8. The second-order valence-corrected chi connectivity index (χ2v) is 5.66. The third-order valence-electron chi connectivity index (χ3n) is 2.77. The largest absolute Gasteiger partial charge is 0.361 e. The molecule has 1 heterocycles. The monoisotopic (exact) mass is 258 g/mol. The van der Waals surface area contributed by atoms with Crippen LogP contribution in [0.3, 0.4) is 0 Å². The van der Waals surface area contributed by atoms with Crippen molar-refractivity contribution in [1.29, 1.82) is 0 Å². The quantitative estimate of drug-likeness (QED) is 0.829. The molecule has 1 aromatic heterocycles. The molecule has 0 bridgehead atoms. The van der Waals surface area contributed by atoms with Gasteiger partial charge >= 0.3 is 0 Å². The van der Waals surface area contributed by atoms with Crippen molar-refractivity contribution in [3.05, 3.63) is 36.0 Å². The number of Topliss-reactive ketones (excluding diaryl/α,β-unsaturated/α-hetero) is 1. The third-order valence-corrected chi connectivity index (χ3v) is 2.77. The van der Waals surface area contributed by atoms with Crippen LogP contribution in [0.5, 0.6) is 0 Å². The van der Waals surface area contributed by atoms with Crippen LogP contribution in [-0.4, -0.2) is 22.2 Å². The van der Waals surface area contributed by atoms with Crippen molar-refractivity contribution in [3.63, 3.8) is 0 Å². The first kappa shape index (κ1) is 13.3. The van der Waals surface area contributed by atoms with E-state index in [2.05, 4.69) is 10.3 Å². The zero-order valence-corrected chi connectivity index (χ0v) is 11.4. The molecule has 1 aromatic carbocycles. The minimum atomic E-state index is -0.530. The maximum Gasteiger partial charge on any atom is 0.288 e. The van der Waals surface area contributed by atoms with Crippen LogP contribution in [0.15, 0.2) is 30.5 Å². The van der Waals surface area contributed by atoms with Gasteiger partial charge in [-0.2, -0.15) is 0 Å². The number of hydrogen-bond acceptors (Lipinski definition) is 2. The van der Waals surface area contributed by atoms with Gasteiger partial charge in [-0.1, -0.05) is 18.2 Å². The smallest absolute Gasteiger partial charge is 0.288 e. The van der Waals surface area contributed by atoms with E-state index in [4.69, 9.17) is 0 Å². The second kappa shape index (κ2) is 4.88. The molecular weight excluding hydrogens is 240 g/mol. The topological polar surface area (TPSA) is 62.0 Å². The lowest BCUT2D eigenvalue weighted by Gasteiger charge is -2.19. The Morgan fingerprint density at radius 2 is 1.89 bits per heavy atom. The summed E-state index contributed by atoms with van der Waals surface area (Å²) < 4.78 is 0. The fourth-order valence-corrected chi connectivity index (χ4v) is 1.94. The summed E-state index contributed by atoms with van der Waals surface area (Å²) in [5.74, 6) is -0.947. The Morgan fingerprint density at radius 3 is 2.58 bits per heavy atom. The Kier molecular flexibility index (Phi) is 3.42. The third kappa shape index (κ3) is 3.22. The molecule has 0 radical (unpaired) electrons. The van der Waals surface area contributed by atoms with Gasteiger partial charge in [-0.05, 0) is 32.4 Å². The Hall–Kier alpha value is -2.10. The molecule has 0 aliphatic heterocycles. The van der Waals surface area contributed by atoms with Crippen LogP contribution in [0.25, 0.3) is 10.9 Å². The molecule has 0 aliphatic rings. The number of hydrogen-bond donors (Lipinski definition) is 2. The van der Waals surface area contributed by atoms with E-state index in [0.717, 1.165) is 16.5 Å². The normalized spacial score (nSPS) is 11.5. The summed E-state index contributed by atoms with van der Waals surface area (Å²) in [5, 5.41) is 3.67. The Balaban J connectivity index is 2.13. The number of benzene rings is 1. The van der Waals surface area contributed by atoms with Crippen molar-refractivity contribution in [3.8, 4) is 0 Å². The van der Waals surface area contributed by atoms with Gasteiger partial charge in [-0.25, -0.2) is 0 Å². The van der Waals surface area contributed by atoms with Crippen molar-refractivity contribution in [2.45, 2.75) is 32.7 Å². The molecule has 0 saturated carbocycles. The summed E-state index contributed by atoms with van der Waals surface area (Å²) in [7, 11) is 0. The average Bonchev–Trinajstić information content (AvgIpc) is 2.70. The predicted octanol–water partition coefficient (Wildman–Crippen LogP) is 2.19. The maximum atomic E-state index is 11.9. The molecule has 0 saturated heterocycles. The first-order valence-electron chi connectivity index (χ1n) is 6.27. The SMILES string of the molecule is CC(C)(C)NC(=O)C(=O)Cc1c[nH]c2ccccc12. The Labute approximate surface area is 112 Å². The van der Waals surface area contributed by atoms with Gasteiger partial charge in [0.2, 0.25) is 5.78 Å². The van der Waals surface area contributed by atoms with E-state index >= 15 is 0 Å². The number of ketones is 1. The number of carbonyl (C=O) groups is 2. The molecule has 2 N–H and O–H groups in total. The molecule has 0 fully saturated rings. The molecule has 0 spiro atoms. The predicted molar refractivity (Wildman–Crippen MR) is 74.9 cm³/mol. The number of aromatic nitrogens is 1. The van der Waals surface area contributed by atoms with Gasteiger partial charge in [-0.15, -0.1) is 0 Å². The molecule has 0 atom stereocenters. The molecule has 2 aromatic rings. The minimum Gasteiger partial charge on any atom is -0.361 e. The highest BCUT2D eigenvalue weighted by Gasteiger charge is 2.21. The summed E-state index contributed by atoms with van der Waals surface area (Å²) in [6, 6.07) is 7.73. The van der Waals surface area contributed by atoms with E-state index in [9.17, 15) is 9.59 Å². The molecule has 2 rings (SSSR count). The second-order valence-electron chi connectivity index (χ2n) is 5.66. The highest BCUT2D eigenvalue weighted by Crippen LogP contribution is 2.18. The number of H-pyrrole nitrogens is 1. The first-order valence-corrected chi connectivity index (χ1v) is 6.27. The molecular formula is C15H18N2O2. The van der Waals surface area contributed by atoms with Crippen LogP contribution >= 0.6 is 0 Å². The van der Waals surface area contributed by atoms with Crippen molar-refractivity contribution in [2.24, 2.45) is 0 Å². The van der Waals surface area contributed by atoms with Crippen molar-refractivity contribution < 1.29 is 9.59 Å². The van der Waals surface area contributed by atoms with Gasteiger partial charge < -0.3 is 10.3 Å². The first-order chi connectivity index (χ1) is 8.87. The lowest BCUT2D eigenvalue weighted by atomic mass is 10.1. The van der Waals surface area contributed by atoms with E-state index in [1.165, 1.54) is 0 Å². The average molecular weight is 258 g/mol. The highest BCUT2D eigenvalue weighted by atomic mass is 16.2. The zero-order chi connectivity index (χ0) is 14.0. The minimum absolute atomic E-state index is 0.117. The van der Waals surface area contributed by atoms with Crippen LogP contribution in [0.4, 0.5) is 0 Å². The molecule has 100 valence electrons. The fraction of sp³-hybridized carbons (Fsp3) is 0.333. The van der Waals surface area contributed by atoms with E-state index in [-0.39, 0.29) is 6.42 Å². The van der Waals surface area contributed by atoms with Gasteiger partial charge in [0.05, 0.1) is 0 Å². The van der Waals surface area contributed by atoms with E-state index in [1.54, 1.807) is 6.20 Å². The number of fused-ring (bicyclic) bond motifs is 1. The molecule has 4 heteroatoms. The number of amides is 1. The molecule has 0 unspecified atom stereocenters. The van der Waals surface area contributed by atoms with Crippen LogP contribution in [0.1, 0.15) is 26.3 Å². The zero-order valence-electron chi connectivity index (χ0n) is 11.4. The van der Waals surface area contributed by atoms with Crippen LogP contribution < -0.4 is 5.32 Å². The van der Waals surface area contributed by atoms with Crippen LogP contribution in [0, 0.1) is 0 Å². The van der Waals surface area contributed by atoms with Crippen LogP contribution in [-0.2, 0) is 16.0 Å². The van der Waals surface area contributed by atoms with Crippen molar-refractivity contribution in [2.75, 3.05) is 0 Å². The van der Waals surface area contributed by atoms with Gasteiger partial charge in [0.15, 0.2) is 0 Å². The standard InChI is InChI=1S/C15H18N2O2/c1-15(2,3)17-14(19)13(18)8-10-9-16-12-7-5-4-6-11(10)12/h4-7,9,16H,8H2,1-3H3,(H,17,19). The van der Waals surface area contributed by atoms with Crippen molar-refractivity contribution >= 4 is 22.6 Å². The lowest BCUT2D eigenvalue weighted by molar-refractivity contribution is -0.138. The van der Waals surface area contributed by atoms with Gasteiger partial charge in [0.25, 0.3) is 5.91 Å². The molecule has 1 amide bonds. The van der Waals surface area contributed by atoms with Gasteiger partial charge in [-0.3, -0.25) is 9.59 Å². The Bertz CT molecular complexity index is 620. The van der Waals surface area contributed by atoms with Crippen LogP contribution in [0.2, 0.25) is 0 Å². The maximum absolute atomic E-state index is 11.9. The number of para-hydroxylation sites is 1. The number of rotatable bonds is 3. The molecule has 4 nitrogen and oxygen atoms in total. The van der Waals surface area contributed by atoms with E-state index in [1.807, 2.05) is 45.0 Å². The summed E-state index contributed by atoms with van der Waals surface area (Å²) in [6.07, 6.45) is 1.90. The summed E-state index contributed by atoms with van der Waals surface area (Å²) >= 11 is 0. The Morgan fingerprint density at radius 1 is 1.21 bits per heavy atom. The number of aromatic amines is 1.